The minimum atomic E-state index is -4.55. The van der Waals surface area contributed by atoms with Gasteiger partial charge in [0.1, 0.15) is 5.82 Å². The fraction of sp³-hybridized carbons (Fsp3) is 0.200. The predicted molar refractivity (Wildman–Crippen MR) is 120 cm³/mol. The van der Waals surface area contributed by atoms with Crippen LogP contribution in [0, 0.1) is 5.82 Å². The lowest BCUT2D eigenvalue weighted by Gasteiger charge is -2.36. The van der Waals surface area contributed by atoms with Crippen molar-refractivity contribution in [1.82, 2.24) is 4.90 Å². The number of amides is 3. The van der Waals surface area contributed by atoms with Gasteiger partial charge in [-0.15, -0.1) is 0 Å². The van der Waals surface area contributed by atoms with Crippen LogP contribution in [0.4, 0.5) is 33.7 Å². The minimum absolute atomic E-state index is 0.129. The monoisotopic (exact) mass is 471 g/mol. The molecule has 3 aromatic carbocycles. The van der Waals surface area contributed by atoms with Crippen LogP contribution < -0.4 is 10.2 Å². The van der Waals surface area contributed by atoms with E-state index in [1.54, 1.807) is 46.2 Å². The predicted octanol–water partition coefficient (Wildman–Crippen LogP) is 5.93. The molecule has 9 heteroatoms. The summed E-state index contributed by atoms with van der Waals surface area (Å²) in [5.41, 5.74) is 0.518. The van der Waals surface area contributed by atoms with Gasteiger partial charge in [-0.2, -0.15) is 13.2 Å². The molecule has 1 N–H and O–H groups in total. The van der Waals surface area contributed by atoms with Gasteiger partial charge in [-0.25, -0.2) is 9.18 Å². The number of carbonyl (C=O) groups excluding carboxylic acids is 2. The smallest absolute Gasteiger partial charge is 0.322 e. The van der Waals surface area contributed by atoms with Crippen molar-refractivity contribution in [2.45, 2.75) is 19.1 Å². The molecule has 5 nitrogen and oxygen atoms in total. The maximum absolute atomic E-state index is 13.5. The molecule has 0 aromatic heterocycles. The Bertz CT molecular complexity index is 1210. The summed E-state index contributed by atoms with van der Waals surface area (Å²) >= 11 is 0. The Balaban J connectivity index is 1.48. The van der Waals surface area contributed by atoms with Gasteiger partial charge in [0.15, 0.2) is 0 Å². The number of rotatable bonds is 5. The maximum atomic E-state index is 13.5. The zero-order chi connectivity index (χ0) is 24.3. The van der Waals surface area contributed by atoms with E-state index < -0.39 is 17.6 Å². The van der Waals surface area contributed by atoms with Gasteiger partial charge in [0.2, 0.25) is 0 Å². The van der Waals surface area contributed by atoms with Gasteiger partial charge in [0.25, 0.3) is 5.91 Å². The number of hydrogen-bond donors (Lipinski definition) is 1. The zero-order valence-electron chi connectivity index (χ0n) is 18.0. The van der Waals surface area contributed by atoms with Crippen molar-refractivity contribution in [1.29, 1.82) is 0 Å². The van der Waals surface area contributed by atoms with Crippen molar-refractivity contribution in [3.8, 4) is 0 Å². The molecule has 0 bridgehead atoms. The molecule has 1 aliphatic heterocycles. The second-order valence-corrected chi connectivity index (χ2v) is 7.92. The molecule has 1 saturated heterocycles. The Morgan fingerprint density at radius 3 is 2.47 bits per heavy atom. The summed E-state index contributed by atoms with van der Waals surface area (Å²) < 4.78 is 52.4. The van der Waals surface area contributed by atoms with E-state index in [4.69, 9.17) is 0 Å². The first kappa shape index (κ1) is 23.3. The van der Waals surface area contributed by atoms with Gasteiger partial charge >= 0.3 is 12.2 Å². The summed E-state index contributed by atoms with van der Waals surface area (Å²) in [6.45, 7) is 1.25. The standard InChI is InChI=1S/C25H21F4N3O2/c26-20-8-1-5-17(13-20)16-31-11-4-12-32(24(31)34)22-10-3-9-21(15-22)30-23(33)18-6-2-7-19(14-18)25(27,28)29/h1-3,5-10,13-15H,4,11-12,16H2,(H,30,33). The number of alkyl halides is 3. The second kappa shape index (κ2) is 9.54. The lowest BCUT2D eigenvalue weighted by Crippen LogP contribution is -2.49. The number of nitrogens with zero attached hydrogens (tertiary/aromatic N) is 2. The van der Waals surface area contributed by atoms with E-state index in [1.165, 1.54) is 24.3 Å². The fourth-order valence-electron chi connectivity index (χ4n) is 3.82. The van der Waals surface area contributed by atoms with Crippen LogP contribution in [0.3, 0.4) is 0 Å². The Hall–Kier alpha value is -3.88. The molecule has 1 aliphatic rings. The molecular weight excluding hydrogens is 450 g/mol. The molecule has 176 valence electrons. The van der Waals surface area contributed by atoms with E-state index >= 15 is 0 Å². The van der Waals surface area contributed by atoms with Crippen LogP contribution in [-0.4, -0.2) is 29.9 Å². The van der Waals surface area contributed by atoms with Crippen LogP contribution in [0.15, 0.2) is 72.8 Å². The third-order valence-corrected chi connectivity index (χ3v) is 5.44. The molecule has 0 aliphatic carbocycles. The van der Waals surface area contributed by atoms with Crippen molar-refractivity contribution >= 4 is 23.3 Å². The quantitative estimate of drug-likeness (QED) is 0.469. The van der Waals surface area contributed by atoms with Gasteiger partial charge < -0.3 is 10.2 Å². The molecule has 4 rings (SSSR count). The average Bonchev–Trinajstić information content (AvgIpc) is 2.80. The normalized spacial score (nSPS) is 14.3. The molecule has 1 heterocycles. The maximum Gasteiger partial charge on any atom is 0.416 e. The summed E-state index contributed by atoms with van der Waals surface area (Å²) in [5, 5.41) is 2.59. The molecule has 0 atom stereocenters. The number of urea groups is 1. The van der Waals surface area contributed by atoms with Gasteiger partial charge in [-0.05, 0) is 60.5 Å². The first-order chi connectivity index (χ1) is 16.2. The largest absolute Gasteiger partial charge is 0.416 e. The number of benzene rings is 3. The molecular formula is C25H21F4N3O2. The van der Waals surface area contributed by atoms with E-state index in [-0.39, 0.29) is 24.0 Å². The van der Waals surface area contributed by atoms with Crippen LogP contribution in [0.1, 0.15) is 27.9 Å². The first-order valence-electron chi connectivity index (χ1n) is 10.6. The fourth-order valence-corrected chi connectivity index (χ4v) is 3.82. The van der Waals surface area contributed by atoms with Gasteiger partial charge in [0.05, 0.1) is 5.56 Å². The Morgan fingerprint density at radius 2 is 1.71 bits per heavy atom. The van der Waals surface area contributed by atoms with Crippen LogP contribution in [0.5, 0.6) is 0 Å². The van der Waals surface area contributed by atoms with Crippen molar-refractivity contribution in [3.63, 3.8) is 0 Å². The third kappa shape index (κ3) is 5.36. The first-order valence-corrected chi connectivity index (χ1v) is 10.6. The second-order valence-electron chi connectivity index (χ2n) is 7.92. The SMILES string of the molecule is O=C(Nc1cccc(N2CCCN(Cc3cccc(F)c3)C2=O)c1)c1cccc(C(F)(F)F)c1. The van der Waals surface area contributed by atoms with Crippen molar-refractivity contribution in [3.05, 3.63) is 95.3 Å². The van der Waals surface area contributed by atoms with Crippen LogP contribution >= 0.6 is 0 Å². The highest BCUT2D eigenvalue weighted by molar-refractivity contribution is 6.05. The molecule has 0 unspecified atom stereocenters. The summed E-state index contributed by atoms with van der Waals surface area (Å²) in [4.78, 5) is 28.8. The minimum Gasteiger partial charge on any atom is -0.322 e. The number of halogens is 4. The highest BCUT2D eigenvalue weighted by Gasteiger charge is 2.31. The van der Waals surface area contributed by atoms with Crippen LogP contribution in [0.2, 0.25) is 0 Å². The summed E-state index contributed by atoms with van der Waals surface area (Å²) in [5.74, 6) is -1.07. The molecule has 3 amide bonds. The number of anilines is 2. The average molecular weight is 471 g/mol. The lowest BCUT2D eigenvalue weighted by molar-refractivity contribution is -0.137. The van der Waals surface area contributed by atoms with E-state index in [2.05, 4.69) is 5.32 Å². The van der Waals surface area contributed by atoms with Crippen LogP contribution in [-0.2, 0) is 12.7 Å². The molecule has 1 fully saturated rings. The lowest BCUT2D eigenvalue weighted by atomic mass is 10.1. The highest BCUT2D eigenvalue weighted by Crippen LogP contribution is 2.30. The van der Waals surface area contributed by atoms with Crippen molar-refractivity contribution < 1.29 is 27.2 Å². The number of nitrogens with one attached hydrogen (secondary N) is 1. The van der Waals surface area contributed by atoms with E-state index in [0.717, 1.165) is 12.1 Å². The van der Waals surface area contributed by atoms with E-state index in [9.17, 15) is 27.2 Å². The van der Waals surface area contributed by atoms with Gasteiger partial charge in [-0.3, -0.25) is 9.69 Å². The molecule has 3 aromatic rings. The molecule has 34 heavy (non-hydrogen) atoms. The zero-order valence-corrected chi connectivity index (χ0v) is 18.0. The Kier molecular flexibility index (Phi) is 6.54. The van der Waals surface area contributed by atoms with Crippen LogP contribution in [0.25, 0.3) is 0 Å². The topological polar surface area (TPSA) is 52.7 Å². The number of hydrogen-bond acceptors (Lipinski definition) is 2. The molecule has 0 radical (unpaired) electrons. The highest BCUT2D eigenvalue weighted by atomic mass is 19.4. The van der Waals surface area contributed by atoms with Gasteiger partial charge in [0, 0.05) is 36.6 Å². The summed E-state index contributed by atoms with van der Waals surface area (Å²) in [6, 6.07) is 16.5. The Morgan fingerprint density at radius 1 is 0.941 bits per heavy atom. The van der Waals surface area contributed by atoms with Crippen molar-refractivity contribution in [2.24, 2.45) is 0 Å². The summed E-state index contributed by atoms with van der Waals surface area (Å²) in [7, 11) is 0. The number of carbonyl (C=O) groups is 2. The third-order valence-electron chi connectivity index (χ3n) is 5.44. The van der Waals surface area contributed by atoms with E-state index in [0.29, 0.717) is 36.4 Å². The van der Waals surface area contributed by atoms with E-state index in [1.807, 2.05) is 0 Å². The van der Waals surface area contributed by atoms with Crippen molar-refractivity contribution in [2.75, 3.05) is 23.3 Å². The molecule has 0 saturated carbocycles. The molecule has 0 spiro atoms. The Labute approximate surface area is 193 Å². The summed E-state index contributed by atoms with van der Waals surface area (Å²) in [6.07, 6.45) is -3.86. The van der Waals surface area contributed by atoms with Gasteiger partial charge in [-0.1, -0.05) is 24.3 Å².